The van der Waals surface area contributed by atoms with Gasteiger partial charge in [0.05, 0.1) is 0 Å². The van der Waals surface area contributed by atoms with E-state index in [1.54, 1.807) is 0 Å². The van der Waals surface area contributed by atoms with Crippen LogP contribution in [0.3, 0.4) is 0 Å². The zero-order valence-electron chi connectivity index (χ0n) is 6.26. The standard InChI is InChI=1S/C7H13GeN/c1-8(2,3)9-6-4-5-7-9/h4-7H,1-3H3. The van der Waals surface area contributed by atoms with Gasteiger partial charge in [0, 0.05) is 0 Å². The van der Waals surface area contributed by atoms with Crippen molar-refractivity contribution in [2.24, 2.45) is 0 Å². The molecule has 0 unspecified atom stereocenters. The molecule has 0 spiro atoms. The predicted octanol–water partition coefficient (Wildman–Crippen LogP) is 2.17. The molecule has 0 aliphatic heterocycles. The van der Waals surface area contributed by atoms with Crippen LogP contribution in [0.5, 0.6) is 0 Å². The summed E-state index contributed by atoms with van der Waals surface area (Å²) in [5, 5.41) is 0. The molecule has 0 saturated heterocycles. The minimum absolute atomic E-state index is 1.52. The van der Waals surface area contributed by atoms with Crippen LogP contribution in [0.25, 0.3) is 0 Å². The number of hydrogen-bond acceptors (Lipinski definition) is 0. The summed E-state index contributed by atoms with van der Waals surface area (Å²) in [6.07, 6.45) is 4.33. The van der Waals surface area contributed by atoms with Gasteiger partial charge in [0.2, 0.25) is 0 Å². The van der Waals surface area contributed by atoms with Crippen LogP contribution in [-0.2, 0) is 0 Å². The fraction of sp³-hybridized carbons (Fsp3) is 0.429. The number of nitrogens with zero attached hydrogens (tertiary/aromatic N) is 1. The molecule has 0 saturated carbocycles. The van der Waals surface area contributed by atoms with Crippen LogP contribution in [-0.4, -0.2) is 17.0 Å². The molecule has 0 fully saturated rings. The van der Waals surface area contributed by atoms with Crippen molar-refractivity contribution in [2.75, 3.05) is 0 Å². The van der Waals surface area contributed by atoms with Crippen molar-refractivity contribution in [3.8, 4) is 0 Å². The van der Waals surface area contributed by atoms with E-state index in [1.165, 1.54) is 0 Å². The molecule has 0 bridgehead atoms. The Labute approximate surface area is 59.3 Å². The van der Waals surface area contributed by atoms with Crippen molar-refractivity contribution >= 4 is 13.5 Å². The first-order chi connectivity index (χ1) is 4.11. The molecular weight excluding hydrogens is 171 g/mol. The summed E-state index contributed by atoms with van der Waals surface area (Å²) in [6, 6.07) is 4.19. The van der Waals surface area contributed by atoms with Gasteiger partial charge in [-0.05, 0) is 0 Å². The van der Waals surface area contributed by atoms with Crippen molar-refractivity contribution in [3.05, 3.63) is 24.5 Å². The molecule has 0 atom stereocenters. The summed E-state index contributed by atoms with van der Waals surface area (Å²) in [7, 11) is 0. The van der Waals surface area contributed by atoms with E-state index in [0.29, 0.717) is 0 Å². The Morgan fingerprint density at radius 1 is 1.00 bits per heavy atom. The maximum atomic E-state index is 2.38. The summed E-state index contributed by atoms with van der Waals surface area (Å²) in [5.74, 6) is 7.12. The summed E-state index contributed by atoms with van der Waals surface area (Å²) >= 11 is -1.52. The summed E-state index contributed by atoms with van der Waals surface area (Å²) < 4.78 is 2.38. The Morgan fingerprint density at radius 2 is 1.44 bits per heavy atom. The minimum atomic E-state index is -1.52. The van der Waals surface area contributed by atoms with Crippen molar-refractivity contribution in [2.45, 2.75) is 17.3 Å². The maximum absolute atomic E-state index is 2.38. The van der Waals surface area contributed by atoms with E-state index >= 15 is 0 Å². The topological polar surface area (TPSA) is 4.93 Å². The third-order valence-electron chi connectivity index (χ3n) is 1.38. The molecule has 1 rings (SSSR count). The first kappa shape index (κ1) is 6.94. The first-order valence-corrected chi connectivity index (χ1v) is 10.5. The molecule has 50 valence electrons. The molecule has 0 aliphatic carbocycles. The molecule has 0 amide bonds. The van der Waals surface area contributed by atoms with Crippen molar-refractivity contribution in [1.82, 2.24) is 3.52 Å². The molecule has 1 aromatic heterocycles. The van der Waals surface area contributed by atoms with Gasteiger partial charge in [-0.3, -0.25) is 0 Å². The monoisotopic (exact) mass is 185 g/mol. The Bertz CT molecular complexity index is 171. The van der Waals surface area contributed by atoms with Crippen LogP contribution in [0, 0.1) is 0 Å². The van der Waals surface area contributed by atoms with Gasteiger partial charge < -0.3 is 0 Å². The van der Waals surface area contributed by atoms with Crippen molar-refractivity contribution < 1.29 is 0 Å². The third kappa shape index (κ3) is 1.61. The molecule has 0 aliphatic rings. The van der Waals surface area contributed by atoms with Gasteiger partial charge in [0.1, 0.15) is 0 Å². The second-order valence-electron chi connectivity index (χ2n) is 3.26. The van der Waals surface area contributed by atoms with Gasteiger partial charge in [-0.1, -0.05) is 0 Å². The molecule has 1 nitrogen and oxygen atoms in total. The Balaban J connectivity index is 2.90. The van der Waals surface area contributed by atoms with Gasteiger partial charge in [-0.15, -0.1) is 0 Å². The Hall–Kier alpha value is -0.177. The number of aromatic nitrogens is 1. The quantitative estimate of drug-likeness (QED) is 0.589. The van der Waals surface area contributed by atoms with E-state index < -0.39 is 13.5 Å². The fourth-order valence-electron chi connectivity index (χ4n) is 0.782. The molecule has 2 heteroatoms. The molecule has 0 radical (unpaired) electrons. The van der Waals surface area contributed by atoms with E-state index in [-0.39, 0.29) is 0 Å². The van der Waals surface area contributed by atoms with Crippen LogP contribution in [0.4, 0.5) is 0 Å². The summed E-state index contributed by atoms with van der Waals surface area (Å²) in [6.45, 7) is 0. The molecule has 9 heavy (non-hydrogen) atoms. The second-order valence-corrected chi connectivity index (χ2v) is 13.5. The van der Waals surface area contributed by atoms with Crippen LogP contribution in [0.2, 0.25) is 17.3 Å². The zero-order valence-corrected chi connectivity index (χ0v) is 8.35. The van der Waals surface area contributed by atoms with Gasteiger partial charge in [0.15, 0.2) is 0 Å². The molecular formula is C7H13GeN. The van der Waals surface area contributed by atoms with E-state index in [4.69, 9.17) is 0 Å². The van der Waals surface area contributed by atoms with Crippen LogP contribution < -0.4 is 0 Å². The summed E-state index contributed by atoms with van der Waals surface area (Å²) in [5.41, 5.74) is 0. The molecule has 0 aromatic carbocycles. The van der Waals surface area contributed by atoms with Crippen LogP contribution in [0.1, 0.15) is 0 Å². The molecule has 1 aromatic rings. The SMILES string of the molecule is [CH3][Ge]([CH3])([CH3])[n]1cccc1. The van der Waals surface area contributed by atoms with Crippen molar-refractivity contribution in [1.29, 1.82) is 0 Å². The Kier molecular flexibility index (Phi) is 1.71. The first-order valence-electron chi connectivity index (χ1n) is 3.24. The number of rotatable bonds is 1. The van der Waals surface area contributed by atoms with Crippen LogP contribution >= 0.6 is 0 Å². The normalized spacial score (nSPS) is 11.9. The van der Waals surface area contributed by atoms with Crippen LogP contribution in [0.15, 0.2) is 24.5 Å². The average Bonchev–Trinajstić information content (AvgIpc) is 2.08. The molecule has 1 heterocycles. The van der Waals surface area contributed by atoms with Gasteiger partial charge >= 0.3 is 58.8 Å². The van der Waals surface area contributed by atoms with Gasteiger partial charge in [-0.25, -0.2) is 0 Å². The predicted molar refractivity (Wildman–Crippen MR) is 43.2 cm³/mol. The fourth-order valence-corrected chi connectivity index (χ4v) is 3.02. The summed E-state index contributed by atoms with van der Waals surface area (Å²) in [4.78, 5) is 0. The molecule has 0 N–H and O–H groups in total. The zero-order chi connectivity index (χ0) is 6.91. The van der Waals surface area contributed by atoms with Gasteiger partial charge in [-0.2, -0.15) is 0 Å². The Morgan fingerprint density at radius 3 is 1.67 bits per heavy atom. The van der Waals surface area contributed by atoms with E-state index in [2.05, 4.69) is 45.3 Å². The van der Waals surface area contributed by atoms with E-state index in [9.17, 15) is 0 Å². The van der Waals surface area contributed by atoms with Crippen molar-refractivity contribution in [3.63, 3.8) is 0 Å². The van der Waals surface area contributed by atoms with Gasteiger partial charge in [0.25, 0.3) is 0 Å². The third-order valence-corrected chi connectivity index (χ3v) is 5.25. The van der Waals surface area contributed by atoms with E-state index in [1.807, 2.05) is 0 Å². The second kappa shape index (κ2) is 2.21. The average molecular weight is 184 g/mol. The number of hydrogen-bond donors (Lipinski definition) is 0. The van der Waals surface area contributed by atoms with E-state index in [0.717, 1.165) is 0 Å².